The van der Waals surface area contributed by atoms with Crippen LogP contribution in [0.15, 0.2) is 151 Å². The maximum absolute atomic E-state index is 2.55. The minimum Gasteiger partial charge on any atom is -0.313 e. The summed E-state index contributed by atoms with van der Waals surface area (Å²) >= 11 is 0. The SMILES string of the molecule is C1=CCC(C2=CC=C(n3c4ccccc4c4cc(-c5ccc6c(c5)c5c(n6C6=CC(c7ccccc7)=CCC6)C=CCC5)ccc43)CC2)C=C1. The zero-order valence-corrected chi connectivity index (χ0v) is 28.4. The van der Waals surface area contributed by atoms with Gasteiger partial charge in [0.25, 0.3) is 0 Å². The quantitative estimate of drug-likeness (QED) is 0.177. The molecule has 6 aromatic rings. The van der Waals surface area contributed by atoms with Crippen molar-refractivity contribution in [1.82, 2.24) is 9.13 Å². The van der Waals surface area contributed by atoms with E-state index >= 15 is 0 Å². The van der Waals surface area contributed by atoms with E-state index in [1.807, 2.05) is 0 Å². The van der Waals surface area contributed by atoms with Crippen LogP contribution in [0.4, 0.5) is 0 Å². The molecule has 0 saturated heterocycles. The second-order valence-corrected chi connectivity index (χ2v) is 14.2. The summed E-state index contributed by atoms with van der Waals surface area (Å²) in [5.41, 5.74) is 16.2. The van der Waals surface area contributed by atoms with Gasteiger partial charge in [0.2, 0.25) is 0 Å². The zero-order valence-electron chi connectivity index (χ0n) is 28.4. The van der Waals surface area contributed by atoms with Crippen molar-refractivity contribution in [2.24, 2.45) is 5.92 Å². The molecule has 50 heavy (non-hydrogen) atoms. The summed E-state index contributed by atoms with van der Waals surface area (Å²) < 4.78 is 5.07. The van der Waals surface area contributed by atoms with E-state index in [-0.39, 0.29) is 0 Å². The smallest absolute Gasteiger partial charge is 0.0538 e. The van der Waals surface area contributed by atoms with E-state index in [1.165, 1.54) is 77.6 Å². The minimum atomic E-state index is 0.539. The van der Waals surface area contributed by atoms with Crippen LogP contribution >= 0.6 is 0 Å². The van der Waals surface area contributed by atoms with Gasteiger partial charge in [-0.25, -0.2) is 0 Å². The summed E-state index contributed by atoms with van der Waals surface area (Å²) in [5, 5.41) is 4.03. The van der Waals surface area contributed by atoms with E-state index in [9.17, 15) is 0 Å². The van der Waals surface area contributed by atoms with Gasteiger partial charge >= 0.3 is 0 Å². The van der Waals surface area contributed by atoms with Crippen LogP contribution in [0.25, 0.3) is 66.9 Å². The summed E-state index contributed by atoms with van der Waals surface area (Å²) in [5.74, 6) is 0.539. The Bertz CT molecular complexity index is 2550. The topological polar surface area (TPSA) is 9.86 Å². The van der Waals surface area contributed by atoms with Gasteiger partial charge in [-0.2, -0.15) is 0 Å². The van der Waals surface area contributed by atoms with Gasteiger partial charge in [-0.15, -0.1) is 0 Å². The predicted molar refractivity (Wildman–Crippen MR) is 214 cm³/mol. The molecule has 1 atom stereocenters. The molecule has 0 bridgehead atoms. The highest BCUT2D eigenvalue weighted by atomic mass is 15.0. The normalized spacial score (nSPS) is 18.7. The van der Waals surface area contributed by atoms with Crippen molar-refractivity contribution in [3.05, 3.63) is 168 Å². The van der Waals surface area contributed by atoms with Crippen LogP contribution in [0.1, 0.15) is 55.3 Å². The summed E-state index contributed by atoms with van der Waals surface area (Å²) in [6.45, 7) is 0. The molecule has 0 N–H and O–H groups in total. The molecule has 0 spiro atoms. The van der Waals surface area contributed by atoms with Crippen molar-refractivity contribution in [3.8, 4) is 11.1 Å². The molecular formula is C48H40N2. The molecule has 2 nitrogen and oxygen atoms in total. The third-order valence-corrected chi connectivity index (χ3v) is 11.3. The van der Waals surface area contributed by atoms with Gasteiger partial charge in [0.1, 0.15) is 0 Å². The summed E-state index contributed by atoms with van der Waals surface area (Å²) in [6.07, 6.45) is 30.9. The molecule has 2 aromatic heterocycles. The molecule has 0 saturated carbocycles. The standard InChI is InChI=1S/C48H40N2/c1-3-12-33(13-4-1)35-22-26-39(27-23-35)49-45-20-9-7-18-41(45)43-31-37(24-28-47(43)49)38-25-29-48-44(32-38)42-19-8-10-21-46(42)50(48)40-17-11-16-36(30-40)34-14-5-2-6-15-34/h1-7,9-10,12,14-16,18,20-22,24-26,28-33H,8,11,13,17,19,23,27H2. The first-order valence-electron chi connectivity index (χ1n) is 18.4. The molecule has 4 aliphatic rings. The highest BCUT2D eigenvalue weighted by Crippen LogP contribution is 2.41. The molecule has 0 amide bonds. The number of nitrogens with zero attached hydrogens (tertiary/aromatic N) is 2. The lowest BCUT2D eigenvalue weighted by Crippen LogP contribution is -2.07. The van der Waals surface area contributed by atoms with Gasteiger partial charge in [-0.1, -0.05) is 109 Å². The van der Waals surface area contributed by atoms with E-state index in [0.29, 0.717) is 5.92 Å². The molecule has 0 fully saturated rings. The molecule has 10 rings (SSSR count). The maximum atomic E-state index is 2.55. The lowest BCUT2D eigenvalue weighted by Gasteiger charge is -2.22. The molecule has 242 valence electrons. The number of fused-ring (bicyclic) bond motifs is 6. The van der Waals surface area contributed by atoms with Gasteiger partial charge in [0, 0.05) is 39.2 Å². The van der Waals surface area contributed by atoms with Crippen molar-refractivity contribution >= 4 is 55.8 Å². The summed E-state index contributed by atoms with van der Waals surface area (Å²) in [7, 11) is 0. The third kappa shape index (κ3) is 4.85. The predicted octanol–water partition coefficient (Wildman–Crippen LogP) is 12.8. The second kappa shape index (κ2) is 12.1. The highest BCUT2D eigenvalue weighted by Gasteiger charge is 2.23. The summed E-state index contributed by atoms with van der Waals surface area (Å²) in [6, 6.07) is 34.1. The minimum absolute atomic E-state index is 0.539. The van der Waals surface area contributed by atoms with Crippen molar-refractivity contribution in [2.75, 3.05) is 0 Å². The first-order valence-corrected chi connectivity index (χ1v) is 18.4. The van der Waals surface area contributed by atoms with Gasteiger partial charge in [-0.3, -0.25) is 0 Å². The Morgan fingerprint density at radius 1 is 0.560 bits per heavy atom. The number of hydrogen-bond acceptors (Lipinski definition) is 0. The first kappa shape index (κ1) is 29.3. The number of aromatic nitrogens is 2. The number of benzene rings is 4. The van der Waals surface area contributed by atoms with Gasteiger partial charge in [0.05, 0.1) is 16.6 Å². The lowest BCUT2D eigenvalue weighted by atomic mass is 9.86. The van der Waals surface area contributed by atoms with E-state index < -0.39 is 0 Å². The second-order valence-electron chi connectivity index (χ2n) is 14.2. The Morgan fingerprint density at radius 2 is 1.36 bits per heavy atom. The largest absolute Gasteiger partial charge is 0.313 e. The Labute approximate surface area is 294 Å². The van der Waals surface area contributed by atoms with Gasteiger partial charge in [-0.05, 0) is 121 Å². The number of para-hydroxylation sites is 1. The Balaban J connectivity index is 1.06. The zero-order chi connectivity index (χ0) is 33.0. The lowest BCUT2D eigenvalue weighted by molar-refractivity contribution is 0.710. The fourth-order valence-electron chi connectivity index (χ4n) is 8.87. The molecule has 1 unspecified atom stereocenters. The summed E-state index contributed by atoms with van der Waals surface area (Å²) in [4.78, 5) is 0. The number of hydrogen-bond donors (Lipinski definition) is 0. The van der Waals surface area contributed by atoms with E-state index in [2.05, 4.69) is 161 Å². The third-order valence-electron chi connectivity index (χ3n) is 11.3. The van der Waals surface area contributed by atoms with Crippen LogP contribution < -0.4 is 0 Å². The number of aryl methyl sites for hydroxylation is 1. The molecular weight excluding hydrogens is 605 g/mol. The van der Waals surface area contributed by atoms with Crippen molar-refractivity contribution in [3.63, 3.8) is 0 Å². The van der Waals surface area contributed by atoms with Gasteiger partial charge in [0.15, 0.2) is 0 Å². The number of rotatable bonds is 5. The van der Waals surface area contributed by atoms with Crippen molar-refractivity contribution in [1.29, 1.82) is 0 Å². The van der Waals surface area contributed by atoms with Crippen molar-refractivity contribution < 1.29 is 0 Å². The molecule has 4 aromatic carbocycles. The molecule has 2 heterocycles. The molecule has 0 radical (unpaired) electrons. The van der Waals surface area contributed by atoms with Crippen LogP contribution in [-0.2, 0) is 6.42 Å². The molecule has 4 aliphatic carbocycles. The average molecular weight is 645 g/mol. The Hall–Kier alpha value is -5.60. The van der Waals surface area contributed by atoms with Crippen LogP contribution in [0.2, 0.25) is 0 Å². The van der Waals surface area contributed by atoms with Crippen LogP contribution in [-0.4, -0.2) is 9.13 Å². The maximum Gasteiger partial charge on any atom is 0.0538 e. The fraction of sp³-hybridized carbons (Fsp3) is 0.167. The van der Waals surface area contributed by atoms with Gasteiger partial charge < -0.3 is 9.13 Å². The fourth-order valence-corrected chi connectivity index (χ4v) is 8.87. The van der Waals surface area contributed by atoms with Crippen LogP contribution in [0.3, 0.4) is 0 Å². The van der Waals surface area contributed by atoms with Crippen LogP contribution in [0.5, 0.6) is 0 Å². The van der Waals surface area contributed by atoms with E-state index in [4.69, 9.17) is 0 Å². The molecule has 2 heteroatoms. The number of allylic oxidation sites excluding steroid dienone is 13. The highest BCUT2D eigenvalue weighted by molar-refractivity contribution is 6.11. The first-order chi connectivity index (χ1) is 24.8. The Kier molecular flexibility index (Phi) is 7.08. The van der Waals surface area contributed by atoms with E-state index in [1.54, 1.807) is 5.57 Å². The van der Waals surface area contributed by atoms with Crippen LogP contribution in [0, 0.1) is 5.92 Å². The average Bonchev–Trinajstić information content (AvgIpc) is 3.71. The van der Waals surface area contributed by atoms with E-state index in [0.717, 1.165) is 44.9 Å². The Morgan fingerprint density at radius 3 is 2.18 bits per heavy atom. The molecule has 0 aliphatic heterocycles. The van der Waals surface area contributed by atoms with Crippen molar-refractivity contribution in [2.45, 2.75) is 44.9 Å². The monoisotopic (exact) mass is 644 g/mol.